The first-order valence-corrected chi connectivity index (χ1v) is 16.3. The number of aromatic hydroxyl groups is 1. The van der Waals surface area contributed by atoms with Crippen LogP contribution in [0.2, 0.25) is 0 Å². The minimum atomic E-state index is -0.418. The summed E-state index contributed by atoms with van der Waals surface area (Å²) in [5.74, 6) is 2.79. The van der Waals surface area contributed by atoms with Crippen molar-refractivity contribution >= 4 is 0 Å². The van der Waals surface area contributed by atoms with Gasteiger partial charge in [-0.05, 0) is 77.2 Å². The van der Waals surface area contributed by atoms with E-state index in [0.29, 0.717) is 32.8 Å². The molecule has 0 spiro atoms. The van der Waals surface area contributed by atoms with Gasteiger partial charge in [0.2, 0.25) is 0 Å². The average Bonchev–Trinajstić information content (AvgIpc) is 3.92. The topological polar surface area (TPSA) is 89.9 Å². The number of aliphatic hydroxyl groups excluding tert-OH is 1. The van der Waals surface area contributed by atoms with E-state index in [9.17, 15) is 10.2 Å². The van der Waals surface area contributed by atoms with Gasteiger partial charge in [0.05, 0.1) is 19.3 Å². The van der Waals surface area contributed by atoms with Gasteiger partial charge < -0.3 is 33.9 Å². The number of phenols is 1. The molecular formula is C40H50O7. The van der Waals surface area contributed by atoms with Crippen molar-refractivity contribution in [1.29, 1.82) is 0 Å². The Hall–Kier alpha value is -4.04. The number of hydrogen-bond donors (Lipinski definition) is 2. The summed E-state index contributed by atoms with van der Waals surface area (Å²) in [5.41, 5.74) is 4.54. The molecule has 252 valence electrons. The van der Waals surface area contributed by atoms with Gasteiger partial charge in [-0.25, -0.2) is 0 Å². The van der Waals surface area contributed by atoms with E-state index in [2.05, 4.69) is 64.1 Å². The van der Waals surface area contributed by atoms with Gasteiger partial charge in [-0.1, -0.05) is 83.1 Å². The molecule has 0 amide bonds. The molecule has 4 aromatic carbocycles. The highest BCUT2D eigenvalue weighted by atomic mass is 16.6. The summed E-state index contributed by atoms with van der Waals surface area (Å²) in [5, 5.41) is 19.0. The first-order valence-electron chi connectivity index (χ1n) is 16.3. The Balaban J connectivity index is 0.000000218. The quantitative estimate of drug-likeness (QED) is 0.102. The second kappa shape index (κ2) is 16.7. The van der Waals surface area contributed by atoms with Crippen molar-refractivity contribution in [3.8, 4) is 23.0 Å². The molecule has 2 atom stereocenters. The highest BCUT2D eigenvalue weighted by molar-refractivity contribution is 5.43. The van der Waals surface area contributed by atoms with E-state index in [1.54, 1.807) is 19.2 Å². The molecule has 0 aliphatic carbocycles. The molecule has 0 bridgehead atoms. The van der Waals surface area contributed by atoms with Crippen LogP contribution in [0.4, 0.5) is 0 Å². The molecule has 7 nitrogen and oxygen atoms in total. The van der Waals surface area contributed by atoms with Crippen molar-refractivity contribution in [2.75, 3.05) is 40.1 Å². The van der Waals surface area contributed by atoms with Crippen LogP contribution in [-0.2, 0) is 20.3 Å². The summed E-state index contributed by atoms with van der Waals surface area (Å²) >= 11 is 0. The number of ether oxygens (including phenoxy) is 5. The second-order valence-electron chi connectivity index (χ2n) is 12.9. The van der Waals surface area contributed by atoms with E-state index < -0.39 is 6.10 Å². The Labute approximate surface area is 280 Å². The Morgan fingerprint density at radius 1 is 0.660 bits per heavy atom. The van der Waals surface area contributed by atoms with Crippen LogP contribution in [0.1, 0.15) is 63.3 Å². The van der Waals surface area contributed by atoms with Gasteiger partial charge in [0.15, 0.2) is 0 Å². The Bertz CT molecular complexity index is 1470. The van der Waals surface area contributed by atoms with Gasteiger partial charge in [-0.3, -0.25) is 0 Å². The SMILES string of the molecule is CCC(O)COc1ccc(C(C)(C)c2ccc(OCC3CO3)cc2)cc1.COCCOc1ccc(C(C)(C)c2ccc(O)cc2)cc1. The maximum Gasteiger partial charge on any atom is 0.119 e. The third-order valence-electron chi connectivity index (χ3n) is 8.63. The standard InChI is InChI=1S/C22H28O4.C18H22O3/c1-4-18(23)13-24-19-9-5-16(6-10-19)22(2,3)17-7-11-20(12-8-17)25-14-21-15-26-21;1-18(2,14-4-8-16(19)9-5-14)15-6-10-17(11-7-15)21-13-12-20-3/h5-12,18,21,23H,4,13-15H2,1-3H3;4-11,19H,12-13H2,1-3H3. The normalized spacial score (nSPS) is 14.8. The van der Waals surface area contributed by atoms with Crippen molar-refractivity contribution < 1.29 is 33.9 Å². The molecule has 2 unspecified atom stereocenters. The van der Waals surface area contributed by atoms with E-state index in [0.717, 1.165) is 29.4 Å². The average molecular weight is 643 g/mol. The second-order valence-corrected chi connectivity index (χ2v) is 12.9. The third-order valence-corrected chi connectivity index (χ3v) is 8.63. The van der Waals surface area contributed by atoms with Crippen LogP contribution in [0.3, 0.4) is 0 Å². The van der Waals surface area contributed by atoms with Crippen LogP contribution in [0.15, 0.2) is 97.1 Å². The summed E-state index contributed by atoms with van der Waals surface area (Å²) in [6, 6.07) is 31.8. The molecule has 1 aliphatic heterocycles. The lowest BCUT2D eigenvalue weighted by Crippen LogP contribution is -2.19. The minimum Gasteiger partial charge on any atom is -0.508 e. The fourth-order valence-corrected chi connectivity index (χ4v) is 5.02. The van der Waals surface area contributed by atoms with Gasteiger partial charge in [-0.2, -0.15) is 0 Å². The molecule has 5 rings (SSSR count). The van der Waals surface area contributed by atoms with Crippen molar-refractivity contribution in [2.45, 2.75) is 64.1 Å². The molecule has 0 saturated carbocycles. The fraction of sp³-hybridized carbons (Fsp3) is 0.400. The predicted molar refractivity (Wildman–Crippen MR) is 186 cm³/mol. The van der Waals surface area contributed by atoms with Crippen molar-refractivity contribution in [3.05, 3.63) is 119 Å². The number of aliphatic hydroxyl groups is 1. The van der Waals surface area contributed by atoms with Crippen LogP contribution in [-0.4, -0.2) is 62.6 Å². The van der Waals surface area contributed by atoms with E-state index in [4.69, 9.17) is 23.7 Å². The van der Waals surface area contributed by atoms with E-state index in [1.165, 1.54) is 16.7 Å². The molecule has 1 heterocycles. The molecule has 0 radical (unpaired) electrons. The van der Waals surface area contributed by atoms with E-state index >= 15 is 0 Å². The molecule has 7 heteroatoms. The molecular weight excluding hydrogens is 592 g/mol. The highest BCUT2D eigenvalue weighted by Crippen LogP contribution is 2.34. The number of phenolic OH excluding ortho intramolecular Hbond substituents is 1. The summed E-state index contributed by atoms with van der Waals surface area (Å²) < 4.78 is 27.0. The summed E-state index contributed by atoms with van der Waals surface area (Å²) in [6.45, 7) is 13.6. The number of rotatable bonds is 15. The Morgan fingerprint density at radius 3 is 1.47 bits per heavy atom. The molecule has 47 heavy (non-hydrogen) atoms. The summed E-state index contributed by atoms with van der Waals surface area (Å²) in [4.78, 5) is 0. The van der Waals surface area contributed by atoms with Crippen LogP contribution < -0.4 is 14.2 Å². The lowest BCUT2D eigenvalue weighted by Gasteiger charge is -2.26. The molecule has 4 aromatic rings. The first-order chi connectivity index (χ1) is 22.5. The zero-order chi connectivity index (χ0) is 33.9. The molecule has 0 aromatic heterocycles. The largest absolute Gasteiger partial charge is 0.508 e. The maximum absolute atomic E-state index is 9.60. The Morgan fingerprint density at radius 2 is 1.06 bits per heavy atom. The smallest absolute Gasteiger partial charge is 0.119 e. The van der Waals surface area contributed by atoms with E-state index in [1.807, 2.05) is 55.5 Å². The number of epoxide rings is 1. The molecule has 1 saturated heterocycles. The predicted octanol–water partition coefficient (Wildman–Crippen LogP) is 7.68. The lowest BCUT2D eigenvalue weighted by molar-refractivity contribution is 0.104. The summed E-state index contributed by atoms with van der Waals surface area (Å²) in [6.07, 6.45) is 0.544. The van der Waals surface area contributed by atoms with Crippen LogP contribution in [0, 0.1) is 0 Å². The molecule has 1 fully saturated rings. The first kappa shape index (κ1) is 35.8. The van der Waals surface area contributed by atoms with Gasteiger partial charge in [0.1, 0.15) is 48.9 Å². The number of hydrogen-bond acceptors (Lipinski definition) is 7. The van der Waals surface area contributed by atoms with E-state index in [-0.39, 0.29) is 22.7 Å². The fourth-order valence-electron chi connectivity index (χ4n) is 5.02. The molecule has 1 aliphatic rings. The van der Waals surface area contributed by atoms with Crippen molar-refractivity contribution in [3.63, 3.8) is 0 Å². The van der Waals surface area contributed by atoms with Gasteiger partial charge in [0.25, 0.3) is 0 Å². The van der Waals surface area contributed by atoms with Crippen molar-refractivity contribution in [1.82, 2.24) is 0 Å². The van der Waals surface area contributed by atoms with Crippen LogP contribution in [0.25, 0.3) is 0 Å². The van der Waals surface area contributed by atoms with Gasteiger partial charge >= 0.3 is 0 Å². The number of benzene rings is 4. The van der Waals surface area contributed by atoms with Crippen LogP contribution in [0.5, 0.6) is 23.0 Å². The van der Waals surface area contributed by atoms with Gasteiger partial charge in [0, 0.05) is 17.9 Å². The molecule has 2 N–H and O–H groups in total. The minimum absolute atomic E-state index is 0.125. The number of methoxy groups -OCH3 is 1. The highest BCUT2D eigenvalue weighted by Gasteiger charge is 2.25. The third kappa shape index (κ3) is 10.5. The Kier molecular flexibility index (Phi) is 12.7. The van der Waals surface area contributed by atoms with Gasteiger partial charge in [-0.15, -0.1) is 0 Å². The summed E-state index contributed by atoms with van der Waals surface area (Å²) in [7, 11) is 1.66. The zero-order valence-electron chi connectivity index (χ0n) is 28.6. The maximum atomic E-state index is 9.60. The lowest BCUT2D eigenvalue weighted by atomic mass is 9.78. The zero-order valence-corrected chi connectivity index (χ0v) is 28.6. The van der Waals surface area contributed by atoms with Crippen LogP contribution >= 0.6 is 0 Å². The van der Waals surface area contributed by atoms with Crippen molar-refractivity contribution in [2.24, 2.45) is 0 Å². The monoisotopic (exact) mass is 642 g/mol.